The summed E-state index contributed by atoms with van der Waals surface area (Å²) in [6, 6.07) is 14.8. The number of nitrogens with zero attached hydrogens (tertiary/aromatic N) is 1. The lowest BCUT2D eigenvalue weighted by molar-refractivity contribution is 0.409. The molecule has 0 amide bonds. The van der Waals surface area contributed by atoms with E-state index in [1.807, 2.05) is 31.2 Å². The first-order valence-corrected chi connectivity index (χ1v) is 5.55. The van der Waals surface area contributed by atoms with Crippen LogP contribution in [-0.4, -0.2) is 7.11 Å². The molecule has 2 aromatic rings. The largest absolute Gasteiger partial charge is 0.497 e. The Hall–Kier alpha value is -2.47. The van der Waals surface area contributed by atoms with Gasteiger partial charge in [0.2, 0.25) is 0 Å². The third kappa shape index (κ3) is 2.61. The number of benzene rings is 2. The van der Waals surface area contributed by atoms with E-state index in [0.29, 0.717) is 11.3 Å². The molecule has 0 aliphatic rings. The first-order valence-electron chi connectivity index (χ1n) is 5.55. The summed E-state index contributed by atoms with van der Waals surface area (Å²) in [5.74, 6) is 2.20. The van der Waals surface area contributed by atoms with E-state index >= 15 is 0 Å². The smallest absolute Gasteiger partial charge is 0.131 e. The number of aryl methyl sites for hydroxylation is 1. The zero-order valence-corrected chi connectivity index (χ0v) is 10.3. The third-order valence-corrected chi connectivity index (χ3v) is 2.57. The second kappa shape index (κ2) is 5.24. The van der Waals surface area contributed by atoms with Crippen LogP contribution in [-0.2, 0) is 0 Å². The third-order valence-electron chi connectivity index (χ3n) is 2.57. The maximum atomic E-state index is 8.80. The quantitative estimate of drug-likeness (QED) is 0.820. The summed E-state index contributed by atoms with van der Waals surface area (Å²) in [4.78, 5) is 0. The molecule has 0 unspecified atom stereocenters. The average molecular weight is 239 g/mol. The molecule has 90 valence electrons. The highest BCUT2D eigenvalue weighted by Crippen LogP contribution is 2.27. The fourth-order valence-corrected chi connectivity index (χ4v) is 1.63. The molecule has 0 aliphatic heterocycles. The van der Waals surface area contributed by atoms with Crippen molar-refractivity contribution in [2.45, 2.75) is 6.92 Å². The summed E-state index contributed by atoms with van der Waals surface area (Å²) >= 11 is 0. The minimum Gasteiger partial charge on any atom is -0.497 e. The van der Waals surface area contributed by atoms with Crippen molar-refractivity contribution < 1.29 is 9.47 Å². The van der Waals surface area contributed by atoms with Crippen LogP contribution in [0.3, 0.4) is 0 Å². The van der Waals surface area contributed by atoms with Crippen molar-refractivity contribution in [3.05, 3.63) is 53.6 Å². The molecule has 0 radical (unpaired) electrons. The van der Waals surface area contributed by atoms with Gasteiger partial charge in [0, 0.05) is 6.07 Å². The fraction of sp³-hybridized carbons (Fsp3) is 0.133. The lowest BCUT2D eigenvalue weighted by atomic mass is 10.1. The van der Waals surface area contributed by atoms with Crippen LogP contribution >= 0.6 is 0 Å². The molecule has 2 rings (SSSR count). The van der Waals surface area contributed by atoms with Crippen molar-refractivity contribution in [2.75, 3.05) is 7.11 Å². The van der Waals surface area contributed by atoms with Crippen molar-refractivity contribution in [1.29, 1.82) is 5.26 Å². The number of methoxy groups -OCH3 is 1. The number of rotatable bonds is 3. The van der Waals surface area contributed by atoms with Crippen LogP contribution in [0.25, 0.3) is 0 Å². The normalized spacial score (nSPS) is 9.61. The van der Waals surface area contributed by atoms with Gasteiger partial charge in [-0.15, -0.1) is 0 Å². The molecule has 0 saturated heterocycles. The Kier molecular flexibility index (Phi) is 3.49. The molecule has 0 atom stereocenters. The predicted octanol–water partition coefficient (Wildman–Crippen LogP) is 3.67. The number of hydrogen-bond donors (Lipinski definition) is 0. The summed E-state index contributed by atoms with van der Waals surface area (Å²) in [6.07, 6.45) is 0. The number of nitriles is 1. The molecular weight excluding hydrogens is 226 g/mol. The second-order valence-electron chi connectivity index (χ2n) is 3.87. The lowest BCUT2D eigenvalue weighted by Crippen LogP contribution is -1.89. The average Bonchev–Trinajstić information content (AvgIpc) is 2.41. The van der Waals surface area contributed by atoms with Gasteiger partial charge in [-0.05, 0) is 42.8 Å². The Morgan fingerprint density at radius 2 is 1.83 bits per heavy atom. The molecule has 0 N–H and O–H groups in total. The summed E-state index contributed by atoms with van der Waals surface area (Å²) in [5.41, 5.74) is 1.56. The highest BCUT2D eigenvalue weighted by molar-refractivity contribution is 5.44. The van der Waals surface area contributed by atoms with E-state index in [1.54, 1.807) is 25.3 Å². The molecule has 0 spiro atoms. The van der Waals surface area contributed by atoms with Crippen LogP contribution in [0.15, 0.2) is 42.5 Å². The monoisotopic (exact) mass is 239 g/mol. The molecule has 0 saturated carbocycles. The van der Waals surface area contributed by atoms with E-state index in [0.717, 1.165) is 17.1 Å². The van der Waals surface area contributed by atoms with Gasteiger partial charge in [-0.2, -0.15) is 5.26 Å². The summed E-state index contributed by atoms with van der Waals surface area (Å²) < 4.78 is 10.9. The summed E-state index contributed by atoms with van der Waals surface area (Å²) in [5, 5.41) is 8.80. The van der Waals surface area contributed by atoms with Crippen molar-refractivity contribution >= 4 is 0 Å². The Balaban J connectivity index is 2.26. The van der Waals surface area contributed by atoms with Crippen molar-refractivity contribution in [3.63, 3.8) is 0 Å². The Morgan fingerprint density at radius 3 is 2.50 bits per heavy atom. The molecule has 0 fully saturated rings. The van der Waals surface area contributed by atoms with Gasteiger partial charge in [-0.3, -0.25) is 0 Å². The van der Waals surface area contributed by atoms with Gasteiger partial charge in [-0.1, -0.05) is 6.07 Å². The van der Waals surface area contributed by atoms with Gasteiger partial charge in [0.05, 0.1) is 18.7 Å². The Labute approximate surface area is 106 Å². The predicted molar refractivity (Wildman–Crippen MR) is 69.0 cm³/mol. The van der Waals surface area contributed by atoms with Crippen LogP contribution < -0.4 is 9.47 Å². The minimum atomic E-state index is 0.630. The molecule has 3 nitrogen and oxygen atoms in total. The SMILES string of the molecule is COc1cccc(Oc2ccc(C#N)cc2C)c1. The molecule has 0 heterocycles. The highest BCUT2D eigenvalue weighted by Gasteiger charge is 2.03. The summed E-state index contributed by atoms with van der Waals surface area (Å²) in [7, 11) is 1.62. The van der Waals surface area contributed by atoms with Crippen molar-refractivity contribution in [3.8, 4) is 23.3 Å². The van der Waals surface area contributed by atoms with E-state index in [-0.39, 0.29) is 0 Å². The van der Waals surface area contributed by atoms with Crippen molar-refractivity contribution in [2.24, 2.45) is 0 Å². The molecule has 0 aliphatic carbocycles. The van der Waals surface area contributed by atoms with E-state index in [4.69, 9.17) is 14.7 Å². The van der Waals surface area contributed by atoms with Gasteiger partial charge < -0.3 is 9.47 Å². The van der Waals surface area contributed by atoms with Gasteiger partial charge in [-0.25, -0.2) is 0 Å². The molecule has 18 heavy (non-hydrogen) atoms. The van der Waals surface area contributed by atoms with Crippen LogP contribution in [0, 0.1) is 18.3 Å². The topological polar surface area (TPSA) is 42.2 Å². The molecule has 2 aromatic carbocycles. The van der Waals surface area contributed by atoms with E-state index in [9.17, 15) is 0 Å². The number of ether oxygens (including phenoxy) is 2. The van der Waals surface area contributed by atoms with Gasteiger partial charge in [0.1, 0.15) is 17.2 Å². The number of hydrogen-bond acceptors (Lipinski definition) is 3. The van der Waals surface area contributed by atoms with Crippen LogP contribution in [0.2, 0.25) is 0 Å². The summed E-state index contributed by atoms with van der Waals surface area (Å²) in [6.45, 7) is 1.91. The van der Waals surface area contributed by atoms with Gasteiger partial charge in [0.25, 0.3) is 0 Å². The second-order valence-corrected chi connectivity index (χ2v) is 3.87. The first-order chi connectivity index (χ1) is 8.72. The Morgan fingerprint density at radius 1 is 1.06 bits per heavy atom. The molecule has 0 aromatic heterocycles. The lowest BCUT2D eigenvalue weighted by Gasteiger charge is -2.09. The fourth-order valence-electron chi connectivity index (χ4n) is 1.63. The van der Waals surface area contributed by atoms with E-state index in [2.05, 4.69) is 6.07 Å². The van der Waals surface area contributed by atoms with Crippen LogP contribution in [0.1, 0.15) is 11.1 Å². The van der Waals surface area contributed by atoms with Gasteiger partial charge in [0.15, 0.2) is 0 Å². The van der Waals surface area contributed by atoms with Gasteiger partial charge >= 0.3 is 0 Å². The highest BCUT2D eigenvalue weighted by atomic mass is 16.5. The van der Waals surface area contributed by atoms with E-state index < -0.39 is 0 Å². The molecule has 3 heteroatoms. The Bertz CT molecular complexity index is 600. The maximum absolute atomic E-state index is 8.80. The standard InChI is InChI=1S/C15H13NO2/c1-11-8-12(10-16)6-7-15(11)18-14-5-3-4-13(9-14)17-2/h3-9H,1-2H3. The van der Waals surface area contributed by atoms with E-state index in [1.165, 1.54) is 0 Å². The zero-order chi connectivity index (χ0) is 13.0. The maximum Gasteiger partial charge on any atom is 0.131 e. The van der Waals surface area contributed by atoms with Crippen LogP contribution in [0.5, 0.6) is 17.2 Å². The minimum absolute atomic E-state index is 0.630. The van der Waals surface area contributed by atoms with Crippen molar-refractivity contribution in [1.82, 2.24) is 0 Å². The van der Waals surface area contributed by atoms with Crippen LogP contribution in [0.4, 0.5) is 0 Å². The molecule has 0 bridgehead atoms. The zero-order valence-electron chi connectivity index (χ0n) is 10.3. The molecular formula is C15H13NO2. The first kappa shape index (κ1) is 12.0.